The van der Waals surface area contributed by atoms with Gasteiger partial charge < -0.3 is 16.0 Å². The summed E-state index contributed by atoms with van der Waals surface area (Å²) in [6.45, 7) is 3.27. The third-order valence-corrected chi connectivity index (χ3v) is 3.63. The molecule has 1 aliphatic heterocycles. The molecular formula is C14H21N3O. The number of carbonyl (C=O) groups is 1. The van der Waals surface area contributed by atoms with Gasteiger partial charge >= 0.3 is 0 Å². The third kappa shape index (κ3) is 2.42. The monoisotopic (exact) mass is 247 g/mol. The van der Waals surface area contributed by atoms with Crippen LogP contribution in [-0.4, -0.2) is 25.5 Å². The van der Waals surface area contributed by atoms with Gasteiger partial charge in [-0.2, -0.15) is 0 Å². The molecular weight excluding hydrogens is 226 g/mol. The molecule has 18 heavy (non-hydrogen) atoms. The molecule has 1 atom stereocenters. The predicted octanol–water partition coefficient (Wildman–Crippen LogP) is 2.01. The summed E-state index contributed by atoms with van der Waals surface area (Å²) in [6, 6.07) is 6.08. The molecule has 0 aliphatic carbocycles. The maximum Gasteiger partial charge on any atom is 0.251 e. The van der Waals surface area contributed by atoms with Crippen LogP contribution in [0.1, 0.15) is 36.5 Å². The Morgan fingerprint density at radius 1 is 1.44 bits per heavy atom. The molecule has 1 fully saturated rings. The lowest BCUT2D eigenvalue weighted by atomic mass is 10.0. The summed E-state index contributed by atoms with van der Waals surface area (Å²) in [5.41, 5.74) is 8.44. The topological polar surface area (TPSA) is 58.4 Å². The van der Waals surface area contributed by atoms with Gasteiger partial charge in [-0.25, -0.2) is 0 Å². The van der Waals surface area contributed by atoms with E-state index in [1.54, 1.807) is 13.1 Å². The smallest absolute Gasteiger partial charge is 0.251 e. The van der Waals surface area contributed by atoms with Crippen LogP contribution in [-0.2, 0) is 0 Å². The predicted molar refractivity (Wildman–Crippen MR) is 74.9 cm³/mol. The fourth-order valence-corrected chi connectivity index (χ4v) is 2.56. The van der Waals surface area contributed by atoms with Crippen molar-refractivity contribution < 1.29 is 4.79 Å². The fourth-order valence-electron chi connectivity index (χ4n) is 2.56. The number of benzene rings is 1. The number of nitrogen functional groups attached to an aromatic ring is 1. The van der Waals surface area contributed by atoms with E-state index in [9.17, 15) is 4.79 Å². The molecule has 0 aromatic heterocycles. The lowest BCUT2D eigenvalue weighted by molar-refractivity contribution is 0.0963. The van der Waals surface area contributed by atoms with Crippen LogP contribution >= 0.6 is 0 Å². The zero-order chi connectivity index (χ0) is 13.1. The van der Waals surface area contributed by atoms with E-state index in [-0.39, 0.29) is 5.91 Å². The second-order valence-corrected chi connectivity index (χ2v) is 4.89. The second kappa shape index (κ2) is 5.29. The van der Waals surface area contributed by atoms with Gasteiger partial charge in [0.2, 0.25) is 0 Å². The van der Waals surface area contributed by atoms with Crippen LogP contribution in [0.5, 0.6) is 0 Å². The molecule has 1 aromatic rings. The maximum absolute atomic E-state index is 11.5. The van der Waals surface area contributed by atoms with E-state index in [2.05, 4.69) is 17.1 Å². The lowest BCUT2D eigenvalue weighted by Gasteiger charge is -2.36. The second-order valence-electron chi connectivity index (χ2n) is 4.89. The Morgan fingerprint density at radius 2 is 2.22 bits per heavy atom. The lowest BCUT2D eigenvalue weighted by Crippen LogP contribution is -2.37. The van der Waals surface area contributed by atoms with E-state index in [1.165, 1.54) is 19.3 Å². The minimum atomic E-state index is -0.0973. The van der Waals surface area contributed by atoms with Crippen LogP contribution in [0.3, 0.4) is 0 Å². The minimum Gasteiger partial charge on any atom is -0.397 e. The van der Waals surface area contributed by atoms with Gasteiger partial charge in [0.1, 0.15) is 0 Å². The molecule has 4 nitrogen and oxygen atoms in total. The summed E-state index contributed by atoms with van der Waals surface area (Å²) in [6.07, 6.45) is 3.70. The van der Waals surface area contributed by atoms with Gasteiger partial charge in [0, 0.05) is 25.2 Å². The Balaban J connectivity index is 2.26. The summed E-state index contributed by atoms with van der Waals surface area (Å²) in [4.78, 5) is 13.9. The Morgan fingerprint density at radius 3 is 2.83 bits per heavy atom. The standard InChI is InChI=1S/C14H21N3O/c1-10-5-3-4-8-17(10)13-7-6-11(9-12(13)15)14(18)16-2/h6-7,9-10H,3-5,8,15H2,1-2H3,(H,16,18). The maximum atomic E-state index is 11.5. The molecule has 1 amide bonds. The Hall–Kier alpha value is -1.71. The number of nitrogens with one attached hydrogen (secondary N) is 1. The van der Waals surface area contributed by atoms with Crippen molar-refractivity contribution in [2.75, 3.05) is 24.2 Å². The number of piperidine rings is 1. The van der Waals surface area contributed by atoms with Crippen LogP contribution in [0.25, 0.3) is 0 Å². The summed E-state index contributed by atoms with van der Waals surface area (Å²) in [7, 11) is 1.62. The minimum absolute atomic E-state index is 0.0973. The van der Waals surface area contributed by atoms with Gasteiger partial charge in [0.15, 0.2) is 0 Å². The first-order valence-electron chi connectivity index (χ1n) is 6.51. The van der Waals surface area contributed by atoms with E-state index >= 15 is 0 Å². The van der Waals surface area contributed by atoms with Gasteiger partial charge in [-0.05, 0) is 44.4 Å². The summed E-state index contributed by atoms with van der Waals surface area (Å²) < 4.78 is 0. The quantitative estimate of drug-likeness (QED) is 0.786. The molecule has 0 spiro atoms. The van der Waals surface area contributed by atoms with E-state index in [0.29, 0.717) is 17.3 Å². The molecule has 3 N–H and O–H groups in total. The number of hydrogen-bond acceptors (Lipinski definition) is 3. The van der Waals surface area contributed by atoms with Gasteiger partial charge in [0.05, 0.1) is 11.4 Å². The molecule has 0 saturated carbocycles. The average Bonchev–Trinajstić information content (AvgIpc) is 2.39. The van der Waals surface area contributed by atoms with E-state index in [1.807, 2.05) is 12.1 Å². The van der Waals surface area contributed by atoms with Crippen molar-refractivity contribution in [3.8, 4) is 0 Å². The van der Waals surface area contributed by atoms with Crippen LogP contribution in [0.15, 0.2) is 18.2 Å². The highest BCUT2D eigenvalue weighted by Crippen LogP contribution is 2.30. The number of rotatable bonds is 2. The van der Waals surface area contributed by atoms with Crippen molar-refractivity contribution in [2.24, 2.45) is 0 Å². The Labute approximate surface area is 108 Å². The first-order chi connectivity index (χ1) is 8.63. The van der Waals surface area contributed by atoms with Gasteiger partial charge in [-0.3, -0.25) is 4.79 Å². The molecule has 98 valence electrons. The molecule has 0 radical (unpaired) electrons. The molecule has 0 bridgehead atoms. The number of carbonyl (C=O) groups excluding carboxylic acids is 1. The zero-order valence-corrected chi connectivity index (χ0v) is 11.1. The molecule has 1 heterocycles. The molecule has 4 heteroatoms. The number of hydrogen-bond donors (Lipinski definition) is 2. The summed E-state index contributed by atoms with van der Waals surface area (Å²) in [5.74, 6) is -0.0973. The number of amides is 1. The van der Waals surface area contributed by atoms with Crippen molar-refractivity contribution in [3.05, 3.63) is 23.8 Å². The first kappa shape index (κ1) is 12.7. The molecule has 1 unspecified atom stereocenters. The highest BCUT2D eigenvalue weighted by molar-refractivity contribution is 5.96. The highest BCUT2D eigenvalue weighted by atomic mass is 16.1. The molecule has 2 rings (SSSR count). The van der Waals surface area contributed by atoms with E-state index in [4.69, 9.17) is 5.73 Å². The van der Waals surface area contributed by atoms with E-state index in [0.717, 1.165) is 12.2 Å². The summed E-state index contributed by atoms with van der Waals surface area (Å²) >= 11 is 0. The third-order valence-electron chi connectivity index (χ3n) is 3.63. The molecule has 1 aliphatic rings. The average molecular weight is 247 g/mol. The van der Waals surface area contributed by atoms with Gasteiger partial charge in [0.25, 0.3) is 5.91 Å². The Kier molecular flexibility index (Phi) is 3.75. The highest BCUT2D eigenvalue weighted by Gasteiger charge is 2.20. The largest absolute Gasteiger partial charge is 0.397 e. The molecule has 1 aromatic carbocycles. The number of nitrogens with two attached hydrogens (primary N) is 1. The van der Waals surface area contributed by atoms with Crippen LogP contribution in [0, 0.1) is 0 Å². The SMILES string of the molecule is CNC(=O)c1ccc(N2CCCCC2C)c(N)c1. The normalized spacial score (nSPS) is 19.7. The van der Waals surface area contributed by atoms with Crippen LogP contribution in [0.2, 0.25) is 0 Å². The number of nitrogens with zero attached hydrogens (tertiary/aromatic N) is 1. The van der Waals surface area contributed by atoms with Crippen molar-refractivity contribution >= 4 is 17.3 Å². The van der Waals surface area contributed by atoms with Gasteiger partial charge in [-0.15, -0.1) is 0 Å². The van der Waals surface area contributed by atoms with Crippen LogP contribution < -0.4 is 16.0 Å². The van der Waals surface area contributed by atoms with Crippen molar-refractivity contribution in [3.63, 3.8) is 0 Å². The fraction of sp³-hybridized carbons (Fsp3) is 0.500. The van der Waals surface area contributed by atoms with Gasteiger partial charge in [-0.1, -0.05) is 0 Å². The van der Waals surface area contributed by atoms with E-state index < -0.39 is 0 Å². The zero-order valence-electron chi connectivity index (χ0n) is 11.1. The summed E-state index contributed by atoms with van der Waals surface area (Å²) in [5, 5.41) is 2.61. The molecule has 1 saturated heterocycles. The van der Waals surface area contributed by atoms with Crippen molar-refractivity contribution in [2.45, 2.75) is 32.2 Å². The van der Waals surface area contributed by atoms with Crippen molar-refractivity contribution in [1.82, 2.24) is 5.32 Å². The Bertz CT molecular complexity index is 445. The van der Waals surface area contributed by atoms with Crippen LogP contribution in [0.4, 0.5) is 11.4 Å². The number of anilines is 2. The van der Waals surface area contributed by atoms with Crippen molar-refractivity contribution in [1.29, 1.82) is 0 Å². The first-order valence-corrected chi connectivity index (χ1v) is 6.51.